The molecule has 0 bridgehead atoms. The fourth-order valence-electron chi connectivity index (χ4n) is 2.84. The van der Waals surface area contributed by atoms with Crippen LogP contribution in [-0.4, -0.2) is 50.6 Å². The average Bonchev–Trinajstić information content (AvgIpc) is 2.52. The van der Waals surface area contributed by atoms with Crippen LogP contribution in [0, 0.1) is 5.92 Å². The van der Waals surface area contributed by atoms with E-state index in [2.05, 4.69) is 15.5 Å². The third-order valence-corrected chi connectivity index (χ3v) is 4.02. The highest BCUT2D eigenvalue weighted by molar-refractivity contribution is 5.92. The van der Waals surface area contributed by atoms with Crippen molar-refractivity contribution in [3.05, 3.63) is 24.3 Å². The number of amides is 1. The summed E-state index contributed by atoms with van der Waals surface area (Å²) in [4.78, 5) is 14.3. The Hall–Kier alpha value is -1.59. The minimum absolute atomic E-state index is 0.0521. The highest BCUT2D eigenvalue weighted by Crippen LogP contribution is 2.17. The second kappa shape index (κ2) is 8.76. The van der Waals surface area contributed by atoms with Crippen molar-refractivity contribution in [2.45, 2.75) is 19.8 Å². The Labute approximate surface area is 133 Å². The van der Waals surface area contributed by atoms with Crippen LogP contribution >= 0.6 is 0 Å². The molecule has 2 rings (SSSR count). The lowest BCUT2D eigenvalue weighted by Gasteiger charge is -2.31. The Morgan fingerprint density at radius 3 is 2.55 bits per heavy atom. The van der Waals surface area contributed by atoms with Crippen LogP contribution in [0.1, 0.15) is 19.8 Å². The molecule has 0 saturated carbocycles. The number of ether oxygens (including phenoxy) is 1. The first-order chi connectivity index (χ1) is 10.7. The van der Waals surface area contributed by atoms with E-state index < -0.39 is 0 Å². The van der Waals surface area contributed by atoms with Crippen molar-refractivity contribution in [3.8, 4) is 5.75 Å². The quantitative estimate of drug-likeness (QED) is 0.808. The Kier molecular flexibility index (Phi) is 6.68. The Bertz CT molecular complexity index is 453. The zero-order valence-electron chi connectivity index (χ0n) is 13.6. The van der Waals surface area contributed by atoms with Crippen molar-refractivity contribution < 1.29 is 9.53 Å². The average molecular weight is 305 g/mol. The van der Waals surface area contributed by atoms with E-state index in [1.165, 1.54) is 0 Å². The fraction of sp³-hybridized carbons (Fsp3) is 0.588. The number of anilines is 1. The first-order valence-electron chi connectivity index (χ1n) is 8.11. The normalized spacial score (nSPS) is 16.5. The maximum absolute atomic E-state index is 12.1. The van der Waals surface area contributed by atoms with Crippen molar-refractivity contribution in [1.29, 1.82) is 0 Å². The Morgan fingerprint density at radius 2 is 1.95 bits per heavy atom. The maximum Gasteiger partial charge on any atom is 0.238 e. The summed E-state index contributed by atoms with van der Waals surface area (Å²) < 4.78 is 5.39. The molecule has 1 aromatic rings. The van der Waals surface area contributed by atoms with Crippen LogP contribution in [0.5, 0.6) is 5.75 Å². The summed E-state index contributed by atoms with van der Waals surface area (Å²) >= 11 is 0. The SMILES string of the molecule is CCOc1ccc(NC(=O)CN2CCC(CNC)CC2)cc1. The number of carbonyl (C=O) groups is 1. The van der Waals surface area contributed by atoms with Crippen molar-refractivity contribution in [3.63, 3.8) is 0 Å². The molecule has 1 aromatic carbocycles. The molecule has 5 heteroatoms. The molecule has 0 aliphatic carbocycles. The maximum atomic E-state index is 12.1. The highest BCUT2D eigenvalue weighted by atomic mass is 16.5. The fourth-order valence-corrected chi connectivity index (χ4v) is 2.84. The minimum Gasteiger partial charge on any atom is -0.494 e. The van der Waals surface area contributed by atoms with Crippen molar-refractivity contribution >= 4 is 11.6 Å². The molecule has 0 unspecified atom stereocenters. The Balaban J connectivity index is 1.74. The molecule has 1 saturated heterocycles. The molecule has 22 heavy (non-hydrogen) atoms. The van der Waals surface area contributed by atoms with Gasteiger partial charge in [-0.2, -0.15) is 0 Å². The van der Waals surface area contributed by atoms with Gasteiger partial charge in [-0.25, -0.2) is 0 Å². The van der Waals surface area contributed by atoms with Crippen LogP contribution < -0.4 is 15.4 Å². The van der Waals surface area contributed by atoms with Crippen molar-refractivity contribution in [2.75, 3.05) is 45.2 Å². The van der Waals surface area contributed by atoms with Crippen molar-refractivity contribution in [1.82, 2.24) is 10.2 Å². The molecule has 1 heterocycles. The van der Waals surface area contributed by atoms with Gasteiger partial charge < -0.3 is 15.4 Å². The van der Waals surface area contributed by atoms with Gasteiger partial charge in [-0.15, -0.1) is 0 Å². The lowest BCUT2D eigenvalue weighted by molar-refractivity contribution is -0.117. The lowest BCUT2D eigenvalue weighted by Crippen LogP contribution is -2.40. The van der Waals surface area contributed by atoms with Crippen molar-refractivity contribution in [2.24, 2.45) is 5.92 Å². The number of carbonyl (C=O) groups excluding carboxylic acids is 1. The van der Waals surface area contributed by atoms with E-state index in [1.807, 2.05) is 38.2 Å². The van der Waals surface area contributed by atoms with Crippen LogP contribution in [0.4, 0.5) is 5.69 Å². The summed E-state index contributed by atoms with van der Waals surface area (Å²) in [7, 11) is 2.00. The van der Waals surface area contributed by atoms with Gasteiger partial charge in [0.25, 0.3) is 0 Å². The van der Waals surface area contributed by atoms with Gasteiger partial charge in [-0.3, -0.25) is 9.69 Å². The molecular formula is C17H27N3O2. The van der Waals surface area contributed by atoms with E-state index in [0.717, 1.165) is 49.8 Å². The second-order valence-electron chi connectivity index (χ2n) is 5.78. The van der Waals surface area contributed by atoms with E-state index in [0.29, 0.717) is 13.2 Å². The standard InChI is InChI=1S/C17H27N3O2/c1-3-22-16-6-4-15(5-7-16)19-17(21)13-20-10-8-14(9-11-20)12-18-2/h4-7,14,18H,3,8-13H2,1-2H3,(H,19,21). The number of benzene rings is 1. The zero-order chi connectivity index (χ0) is 15.8. The van der Waals surface area contributed by atoms with Crippen LogP contribution in [0.2, 0.25) is 0 Å². The molecular weight excluding hydrogens is 278 g/mol. The van der Waals surface area contributed by atoms with Crippen LogP contribution in [0.15, 0.2) is 24.3 Å². The van der Waals surface area contributed by atoms with E-state index in [9.17, 15) is 4.79 Å². The number of hydrogen-bond donors (Lipinski definition) is 2. The smallest absolute Gasteiger partial charge is 0.238 e. The summed E-state index contributed by atoms with van der Waals surface area (Å²) in [6.07, 6.45) is 2.33. The molecule has 0 radical (unpaired) electrons. The number of rotatable bonds is 7. The zero-order valence-corrected chi connectivity index (χ0v) is 13.6. The van der Waals surface area contributed by atoms with Gasteiger partial charge in [0.05, 0.1) is 13.2 Å². The van der Waals surface area contributed by atoms with E-state index >= 15 is 0 Å². The summed E-state index contributed by atoms with van der Waals surface area (Å²) in [6.45, 7) is 6.16. The first-order valence-corrected chi connectivity index (χ1v) is 8.11. The van der Waals surface area contributed by atoms with Crippen LogP contribution in [-0.2, 0) is 4.79 Å². The van der Waals surface area contributed by atoms with E-state index in [1.54, 1.807) is 0 Å². The Morgan fingerprint density at radius 1 is 1.27 bits per heavy atom. The molecule has 5 nitrogen and oxygen atoms in total. The van der Waals surface area contributed by atoms with E-state index in [-0.39, 0.29) is 5.91 Å². The molecule has 2 N–H and O–H groups in total. The number of likely N-dealkylation sites (tertiary alicyclic amines) is 1. The number of nitrogens with one attached hydrogen (secondary N) is 2. The molecule has 1 fully saturated rings. The van der Waals surface area contributed by atoms with Gasteiger partial charge in [0.1, 0.15) is 5.75 Å². The molecule has 0 atom stereocenters. The molecule has 0 aromatic heterocycles. The first kappa shape index (κ1) is 16.8. The number of nitrogens with zero attached hydrogens (tertiary/aromatic N) is 1. The number of piperidine rings is 1. The van der Waals surface area contributed by atoms with Gasteiger partial charge in [-0.1, -0.05) is 0 Å². The predicted octanol–water partition coefficient (Wildman–Crippen LogP) is 1.96. The third-order valence-electron chi connectivity index (χ3n) is 4.02. The van der Waals surface area contributed by atoms with Crippen LogP contribution in [0.25, 0.3) is 0 Å². The second-order valence-corrected chi connectivity index (χ2v) is 5.78. The third kappa shape index (κ3) is 5.31. The summed E-state index contributed by atoms with van der Waals surface area (Å²) in [5.74, 6) is 1.62. The summed E-state index contributed by atoms with van der Waals surface area (Å²) in [5, 5.41) is 6.18. The molecule has 1 amide bonds. The minimum atomic E-state index is 0.0521. The van der Waals surface area contributed by atoms with Gasteiger partial charge in [-0.05, 0) is 76.6 Å². The van der Waals surface area contributed by atoms with Gasteiger partial charge in [0, 0.05) is 5.69 Å². The summed E-state index contributed by atoms with van der Waals surface area (Å²) in [6, 6.07) is 7.51. The topological polar surface area (TPSA) is 53.6 Å². The number of hydrogen-bond acceptors (Lipinski definition) is 4. The summed E-state index contributed by atoms with van der Waals surface area (Å²) in [5.41, 5.74) is 0.818. The molecule has 122 valence electrons. The van der Waals surface area contributed by atoms with Gasteiger partial charge in [0.2, 0.25) is 5.91 Å². The molecule has 0 spiro atoms. The van der Waals surface area contributed by atoms with Gasteiger partial charge >= 0.3 is 0 Å². The monoisotopic (exact) mass is 305 g/mol. The largest absolute Gasteiger partial charge is 0.494 e. The molecule has 1 aliphatic rings. The van der Waals surface area contributed by atoms with Crippen LogP contribution in [0.3, 0.4) is 0 Å². The molecule has 1 aliphatic heterocycles. The lowest BCUT2D eigenvalue weighted by atomic mass is 9.97. The van der Waals surface area contributed by atoms with E-state index in [4.69, 9.17) is 4.74 Å². The highest BCUT2D eigenvalue weighted by Gasteiger charge is 2.20. The van der Waals surface area contributed by atoms with Gasteiger partial charge in [0.15, 0.2) is 0 Å². The predicted molar refractivity (Wildman–Crippen MR) is 89.3 cm³/mol.